The number of hydrogen-bond acceptors (Lipinski definition) is 5. The van der Waals surface area contributed by atoms with Gasteiger partial charge in [0.25, 0.3) is 5.91 Å². The molecule has 4 rings (SSSR count). The molecule has 1 saturated heterocycles. The van der Waals surface area contributed by atoms with Crippen molar-refractivity contribution in [2.75, 3.05) is 18.0 Å². The lowest BCUT2D eigenvalue weighted by Crippen LogP contribution is -2.45. The van der Waals surface area contributed by atoms with Crippen molar-refractivity contribution in [1.29, 1.82) is 0 Å². The van der Waals surface area contributed by atoms with Crippen molar-refractivity contribution >= 4 is 22.7 Å². The first-order chi connectivity index (χ1) is 13.9. The van der Waals surface area contributed by atoms with Crippen LogP contribution in [0, 0.1) is 13.8 Å². The summed E-state index contributed by atoms with van der Waals surface area (Å²) in [5.41, 5.74) is 3.61. The first-order valence-electron chi connectivity index (χ1n) is 10.0. The maximum absolute atomic E-state index is 12.7. The van der Waals surface area contributed by atoms with Crippen LogP contribution in [0.2, 0.25) is 0 Å². The topological polar surface area (TPSA) is 67.6 Å². The molecule has 1 fully saturated rings. The maximum Gasteiger partial charge on any atom is 0.287 e. The van der Waals surface area contributed by atoms with Gasteiger partial charge in [-0.3, -0.25) is 4.79 Å². The molecule has 1 aliphatic rings. The third-order valence-electron chi connectivity index (χ3n) is 5.37. The molecule has 0 radical (unpaired) electrons. The molecular weight excluding hydrogens is 366 g/mol. The van der Waals surface area contributed by atoms with Gasteiger partial charge in [0.05, 0.1) is 12.2 Å². The number of para-hydroxylation sites is 1. The van der Waals surface area contributed by atoms with Crippen LogP contribution in [-0.2, 0) is 11.3 Å². The van der Waals surface area contributed by atoms with Gasteiger partial charge < -0.3 is 19.4 Å². The number of aromatic nitrogens is 1. The second-order valence-electron chi connectivity index (χ2n) is 7.88. The van der Waals surface area contributed by atoms with Crippen molar-refractivity contribution < 1.29 is 13.9 Å². The number of carbonyl (C=O) groups is 1. The molecule has 0 spiro atoms. The highest BCUT2D eigenvalue weighted by molar-refractivity contribution is 5.99. The van der Waals surface area contributed by atoms with Crippen molar-refractivity contribution in [2.45, 2.75) is 46.4 Å². The second-order valence-corrected chi connectivity index (χ2v) is 7.88. The van der Waals surface area contributed by atoms with Gasteiger partial charge >= 0.3 is 0 Å². The number of benzene rings is 1. The molecule has 3 aromatic rings. The van der Waals surface area contributed by atoms with Gasteiger partial charge in [-0.1, -0.05) is 24.3 Å². The van der Waals surface area contributed by atoms with Gasteiger partial charge in [-0.2, -0.15) is 0 Å². The number of nitrogens with zero attached hydrogens (tertiary/aromatic N) is 2. The number of carbonyl (C=O) groups excluding carboxylic acids is 1. The number of nitrogens with one attached hydrogen (secondary N) is 1. The lowest BCUT2D eigenvalue weighted by Gasteiger charge is -2.36. The number of fused-ring (bicyclic) bond motifs is 1. The average Bonchev–Trinajstić information content (AvgIpc) is 3.04. The predicted molar refractivity (Wildman–Crippen MR) is 113 cm³/mol. The summed E-state index contributed by atoms with van der Waals surface area (Å²) in [4.78, 5) is 19.5. The van der Waals surface area contributed by atoms with Crippen molar-refractivity contribution in [1.82, 2.24) is 10.3 Å². The smallest absolute Gasteiger partial charge is 0.287 e. The van der Waals surface area contributed by atoms with Crippen LogP contribution in [0.5, 0.6) is 0 Å². The average molecular weight is 393 g/mol. The summed E-state index contributed by atoms with van der Waals surface area (Å²) in [5.74, 6) is 1.10. The molecule has 2 atom stereocenters. The predicted octanol–water partition coefficient (Wildman–Crippen LogP) is 3.99. The van der Waals surface area contributed by atoms with Crippen LogP contribution in [0.4, 0.5) is 5.82 Å². The Morgan fingerprint density at radius 2 is 1.93 bits per heavy atom. The first-order valence-corrected chi connectivity index (χ1v) is 10.0. The Morgan fingerprint density at radius 3 is 2.59 bits per heavy atom. The van der Waals surface area contributed by atoms with E-state index in [1.54, 1.807) is 0 Å². The van der Waals surface area contributed by atoms with Crippen molar-refractivity contribution in [3.63, 3.8) is 0 Å². The molecule has 0 aliphatic carbocycles. The minimum atomic E-state index is -0.210. The largest absolute Gasteiger partial charge is 0.450 e. The third-order valence-corrected chi connectivity index (χ3v) is 5.37. The molecule has 1 N–H and O–H groups in total. The van der Waals surface area contributed by atoms with E-state index in [0.717, 1.165) is 46.6 Å². The van der Waals surface area contributed by atoms with E-state index < -0.39 is 0 Å². The monoisotopic (exact) mass is 393 g/mol. The lowest BCUT2D eigenvalue weighted by molar-refractivity contribution is -0.00546. The summed E-state index contributed by atoms with van der Waals surface area (Å²) in [7, 11) is 0. The van der Waals surface area contributed by atoms with Gasteiger partial charge in [-0.15, -0.1) is 0 Å². The molecule has 6 nitrogen and oxygen atoms in total. The third kappa shape index (κ3) is 3.98. The van der Waals surface area contributed by atoms with E-state index in [1.807, 2.05) is 50.4 Å². The number of aryl methyl sites for hydroxylation is 2. The molecule has 152 valence electrons. The Kier molecular flexibility index (Phi) is 5.28. The number of anilines is 1. The SMILES string of the molecule is Cc1c(C(=O)NCc2ccc(N3CC(C)OC(C)C3)nc2)oc2c(C)cccc12. The summed E-state index contributed by atoms with van der Waals surface area (Å²) >= 11 is 0. The van der Waals surface area contributed by atoms with E-state index in [-0.39, 0.29) is 18.1 Å². The number of ether oxygens (including phenoxy) is 1. The van der Waals surface area contributed by atoms with Crippen LogP contribution in [0.1, 0.15) is 41.1 Å². The number of amides is 1. The van der Waals surface area contributed by atoms with Gasteiger partial charge in [0.2, 0.25) is 0 Å². The quantitative estimate of drug-likeness (QED) is 0.726. The van der Waals surface area contributed by atoms with E-state index in [2.05, 4.69) is 29.0 Å². The Bertz CT molecular complexity index is 1020. The highest BCUT2D eigenvalue weighted by atomic mass is 16.5. The van der Waals surface area contributed by atoms with Crippen molar-refractivity contribution in [3.05, 3.63) is 59.0 Å². The molecule has 1 aromatic carbocycles. The molecule has 29 heavy (non-hydrogen) atoms. The molecule has 0 saturated carbocycles. The standard InChI is InChI=1S/C23H27N3O3/c1-14-6-5-7-19-17(4)22(29-21(14)19)23(27)25-11-18-8-9-20(24-10-18)26-12-15(2)28-16(3)13-26/h5-10,15-16H,11-13H2,1-4H3,(H,25,27). The van der Waals surface area contributed by atoms with Crippen LogP contribution < -0.4 is 10.2 Å². The van der Waals surface area contributed by atoms with Crippen LogP contribution in [0.25, 0.3) is 11.0 Å². The van der Waals surface area contributed by atoms with Gasteiger partial charge in [0, 0.05) is 36.8 Å². The lowest BCUT2D eigenvalue weighted by atomic mass is 10.1. The number of morpholine rings is 1. The van der Waals surface area contributed by atoms with E-state index in [9.17, 15) is 4.79 Å². The zero-order valence-electron chi connectivity index (χ0n) is 17.4. The molecular formula is C23H27N3O3. The zero-order chi connectivity index (χ0) is 20.5. The summed E-state index contributed by atoms with van der Waals surface area (Å²) in [6.45, 7) is 10.1. The van der Waals surface area contributed by atoms with Gasteiger partial charge in [-0.25, -0.2) is 4.98 Å². The van der Waals surface area contributed by atoms with Crippen LogP contribution in [0.3, 0.4) is 0 Å². The van der Waals surface area contributed by atoms with E-state index in [4.69, 9.17) is 9.15 Å². The fourth-order valence-corrected chi connectivity index (χ4v) is 3.94. The maximum atomic E-state index is 12.7. The number of pyridine rings is 1. The van der Waals surface area contributed by atoms with E-state index >= 15 is 0 Å². The first kappa shape index (κ1) is 19.5. The summed E-state index contributed by atoms with van der Waals surface area (Å²) in [5, 5.41) is 3.92. The molecule has 6 heteroatoms. The van der Waals surface area contributed by atoms with Crippen molar-refractivity contribution in [3.8, 4) is 0 Å². The molecule has 2 aromatic heterocycles. The summed E-state index contributed by atoms with van der Waals surface area (Å²) in [6.07, 6.45) is 2.20. The molecule has 1 aliphatic heterocycles. The highest BCUT2D eigenvalue weighted by Crippen LogP contribution is 2.27. The van der Waals surface area contributed by atoms with E-state index in [1.165, 1.54) is 0 Å². The summed E-state index contributed by atoms with van der Waals surface area (Å²) in [6, 6.07) is 9.94. The Hall–Kier alpha value is -2.86. The highest BCUT2D eigenvalue weighted by Gasteiger charge is 2.23. The van der Waals surface area contributed by atoms with Crippen LogP contribution >= 0.6 is 0 Å². The fourth-order valence-electron chi connectivity index (χ4n) is 3.94. The molecule has 2 unspecified atom stereocenters. The van der Waals surface area contributed by atoms with Gasteiger partial charge in [-0.05, 0) is 44.9 Å². The van der Waals surface area contributed by atoms with Gasteiger partial charge in [0.15, 0.2) is 5.76 Å². The fraction of sp³-hybridized carbons (Fsp3) is 0.391. The van der Waals surface area contributed by atoms with Crippen LogP contribution in [0.15, 0.2) is 40.9 Å². The molecule has 3 heterocycles. The van der Waals surface area contributed by atoms with Crippen LogP contribution in [-0.4, -0.2) is 36.2 Å². The second kappa shape index (κ2) is 7.87. The van der Waals surface area contributed by atoms with E-state index in [0.29, 0.717) is 12.3 Å². The Morgan fingerprint density at radius 1 is 1.17 bits per heavy atom. The zero-order valence-corrected chi connectivity index (χ0v) is 17.4. The molecule has 1 amide bonds. The minimum absolute atomic E-state index is 0.190. The number of hydrogen-bond donors (Lipinski definition) is 1. The summed E-state index contributed by atoms with van der Waals surface area (Å²) < 4.78 is 11.6. The Balaban J connectivity index is 1.42. The van der Waals surface area contributed by atoms with Crippen molar-refractivity contribution in [2.24, 2.45) is 0 Å². The number of furan rings is 1. The van der Waals surface area contributed by atoms with Gasteiger partial charge in [0.1, 0.15) is 11.4 Å². The Labute approximate surface area is 170 Å². The number of rotatable bonds is 4. The molecule has 0 bridgehead atoms. The minimum Gasteiger partial charge on any atom is -0.450 e. The normalized spacial score (nSPS) is 19.5.